The number of amides is 1. The first-order valence-electron chi connectivity index (χ1n) is 6.57. The summed E-state index contributed by atoms with van der Waals surface area (Å²) in [7, 11) is 0. The van der Waals surface area contributed by atoms with Gasteiger partial charge in [-0.3, -0.25) is 10.1 Å². The fourth-order valence-electron chi connectivity index (χ4n) is 2.07. The number of carbonyl (C=O) groups excluding carboxylic acids is 1. The Labute approximate surface area is 138 Å². The van der Waals surface area contributed by atoms with Crippen molar-refractivity contribution in [1.29, 1.82) is 0 Å². The van der Waals surface area contributed by atoms with Crippen LogP contribution in [0.15, 0.2) is 36.4 Å². The molecule has 0 aliphatic heterocycles. The van der Waals surface area contributed by atoms with Crippen LogP contribution in [0.1, 0.15) is 21.5 Å². The van der Waals surface area contributed by atoms with Gasteiger partial charge in [-0.2, -0.15) is 0 Å². The van der Waals surface area contributed by atoms with E-state index in [0.29, 0.717) is 16.4 Å². The number of thiazole rings is 1. The maximum Gasteiger partial charge on any atom is 0.257 e. The number of carbonyl (C=O) groups is 1. The zero-order chi connectivity index (χ0) is 15.0. The van der Waals surface area contributed by atoms with Crippen LogP contribution in [-0.2, 0) is 0 Å². The van der Waals surface area contributed by atoms with Crippen LogP contribution in [0.4, 0.5) is 10.8 Å². The third-order valence-corrected chi connectivity index (χ3v) is 4.23. The summed E-state index contributed by atoms with van der Waals surface area (Å²) in [6.07, 6.45) is 0. The molecule has 3 N–H and O–H groups in total. The number of hydrogen-bond acceptors (Lipinski definition) is 4. The van der Waals surface area contributed by atoms with E-state index in [1.54, 1.807) is 18.2 Å². The number of nitrogens with one attached hydrogen (secondary N) is 1. The molecule has 3 aromatic rings. The SMILES string of the molecule is Cc1ccc2nc(NC(=O)c3ccc(N)c(C)c3)sc2c1.Cl. The number of halogens is 1. The summed E-state index contributed by atoms with van der Waals surface area (Å²) in [6, 6.07) is 11.3. The van der Waals surface area contributed by atoms with Crippen LogP contribution >= 0.6 is 23.7 Å². The Bertz CT molecular complexity index is 845. The highest BCUT2D eigenvalue weighted by atomic mass is 35.5. The maximum absolute atomic E-state index is 12.2. The van der Waals surface area contributed by atoms with Gasteiger partial charge >= 0.3 is 0 Å². The number of rotatable bonds is 2. The lowest BCUT2D eigenvalue weighted by Gasteiger charge is -2.04. The molecule has 0 aliphatic rings. The van der Waals surface area contributed by atoms with Gasteiger partial charge in [-0.25, -0.2) is 4.98 Å². The lowest BCUT2D eigenvalue weighted by molar-refractivity contribution is 0.102. The average molecular weight is 334 g/mol. The molecule has 1 heterocycles. The van der Waals surface area contributed by atoms with E-state index in [0.717, 1.165) is 15.8 Å². The Balaban J connectivity index is 0.00000176. The fraction of sp³-hybridized carbons (Fsp3) is 0.125. The molecule has 0 saturated heterocycles. The Morgan fingerprint density at radius 2 is 1.95 bits per heavy atom. The van der Waals surface area contributed by atoms with Crippen LogP contribution in [0, 0.1) is 13.8 Å². The highest BCUT2D eigenvalue weighted by Crippen LogP contribution is 2.27. The monoisotopic (exact) mass is 333 g/mol. The molecule has 0 saturated carbocycles. The van der Waals surface area contributed by atoms with E-state index in [-0.39, 0.29) is 18.3 Å². The Morgan fingerprint density at radius 1 is 1.18 bits per heavy atom. The van der Waals surface area contributed by atoms with E-state index in [9.17, 15) is 4.79 Å². The molecule has 3 rings (SSSR count). The quantitative estimate of drug-likeness (QED) is 0.691. The van der Waals surface area contributed by atoms with Crippen molar-refractivity contribution < 1.29 is 4.79 Å². The molecule has 0 atom stereocenters. The molecule has 0 aliphatic carbocycles. The molecule has 6 heteroatoms. The van der Waals surface area contributed by atoms with Gasteiger partial charge in [-0.05, 0) is 55.3 Å². The Morgan fingerprint density at radius 3 is 2.68 bits per heavy atom. The molecule has 0 bridgehead atoms. The van der Waals surface area contributed by atoms with Gasteiger partial charge in [0.2, 0.25) is 0 Å². The van der Waals surface area contributed by atoms with Gasteiger partial charge in [0.1, 0.15) is 0 Å². The predicted octanol–water partition coefficient (Wildman–Crippen LogP) is 4.17. The summed E-state index contributed by atoms with van der Waals surface area (Å²) in [4.78, 5) is 16.7. The minimum atomic E-state index is -0.172. The molecule has 0 unspecified atom stereocenters. The Kier molecular flexibility index (Phi) is 4.68. The van der Waals surface area contributed by atoms with Crippen molar-refractivity contribution in [2.75, 3.05) is 11.1 Å². The Hall–Kier alpha value is -2.11. The van der Waals surface area contributed by atoms with Gasteiger partial charge in [0, 0.05) is 11.3 Å². The molecular weight excluding hydrogens is 318 g/mol. The summed E-state index contributed by atoms with van der Waals surface area (Å²) in [5, 5.41) is 3.45. The number of anilines is 2. The van der Waals surface area contributed by atoms with Crippen LogP contribution in [0.3, 0.4) is 0 Å². The van der Waals surface area contributed by atoms with E-state index in [2.05, 4.69) is 16.4 Å². The number of benzene rings is 2. The molecule has 0 fully saturated rings. The number of fused-ring (bicyclic) bond motifs is 1. The van der Waals surface area contributed by atoms with Crippen molar-refractivity contribution in [3.05, 3.63) is 53.1 Å². The van der Waals surface area contributed by atoms with Gasteiger partial charge < -0.3 is 5.73 Å². The minimum absolute atomic E-state index is 0. The van der Waals surface area contributed by atoms with Gasteiger partial charge in [0.05, 0.1) is 10.2 Å². The van der Waals surface area contributed by atoms with Crippen molar-refractivity contribution in [2.45, 2.75) is 13.8 Å². The smallest absolute Gasteiger partial charge is 0.257 e. The standard InChI is InChI=1S/C16H15N3OS.ClH/c1-9-3-6-13-14(7-9)21-16(18-13)19-15(20)11-4-5-12(17)10(2)8-11;/h3-8H,17H2,1-2H3,(H,18,19,20);1H. The molecule has 1 amide bonds. The minimum Gasteiger partial charge on any atom is -0.399 e. The number of hydrogen-bond donors (Lipinski definition) is 2. The van der Waals surface area contributed by atoms with Crippen molar-refractivity contribution >= 4 is 50.7 Å². The van der Waals surface area contributed by atoms with E-state index < -0.39 is 0 Å². The third-order valence-electron chi connectivity index (χ3n) is 3.30. The number of nitrogens with two attached hydrogens (primary N) is 1. The summed E-state index contributed by atoms with van der Waals surface area (Å²) >= 11 is 1.47. The summed E-state index contributed by atoms with van der Waals surface area (Å²) < 4.78 is 1.07. The average Bonchev–Trinajstić information content (AvgIpc) is 2.83. The highest BCUT2D eigenvalue weighted by Gasteiger charge is 2.10. The second kappa shape index (κ2) is 6.34. The number of aryl methyl sites for hydroxylation is 2. The zero-order valence-corrected chi connectivity index (χ0v) is 13.8. The second-order valence-electron chi connectivity index (χ2n) is 5.02. The predicted molar refractivity (Wildman–Crippen MR) is 95.1 cm³/mol. The lowest BCUT2D eigenvalue weighted by Crippen LogP contribution is -2.12. The number of aromatic nitrogens is 1. The largest absolute Gasteiger partial charge is 0.399 e. The normalized spacial score (nSPS) is 10.3. The first kappa shape index (κ1) is 16.3. The molecular formula is C16H16ClN3OS. The van der Waals surface area contributed by atoms with Crippen LogP contribution in [-0.4, -0.2) is 10.9 Å². The van der Waals surface area contributed by atoms with E-state index in [1.807, 2.05) is 26.0 Å². The lowest BCUT2D eigenvalue weighted by atomic mass is 10.1. The molecule has 114 valence electrons. The highest BCUT2D eigenvalue weighted by molar-refractivity contribution is 7.22. The summed E-state index contributed by atoms with van der Waals surface area (Å²) in [5.74, 6) is -0.172. The maximum atomic E-state index is 12.2. The molecule has 1 aromatic heterocycles. The molecule has 22 heavy (non-hydrogen) atoms. The van der Waals surface area contributed by atoms with Crippen LogP contribution in [0.2, 0.25) is 0 Å². The second-order valence-corrected chi connectivity index (χ2v) is 6.05. The van der Waals surface area contributed by atoms with Gasteiger partial charge in [0.15, 0.2) is 5.13 Å². The number of nitrogen functional groups attached to an aromatic ring is 1. The third kappa shape index (κ3) is 3.21. The molecule has 4 nitrogen and oxygen atoms in total. The summed E-state index contributed by atoms with van der Waals surface area (Å²) in [5.41, 5.74) is 10.00. The zero-order valence-electron chi connectivity index (χ0n) is 12.2. The van der Waals surface area contributed by atoms with Crippen molar-refractivity contribution in [1.82, 2.24) is 4.98 Å². The first-order chi connectivity index (χ1) is 10.0. The van der Waals surface area contributed by atoms with Crippen LogP contribution < -0.4 is 11.1 Å². The van der Waals surface area contributed by atoms with Crippen LogP contribution in [0.5, 0.6) is 0 Å². The van der Waals surface area contributed by atoms with E-state index >= 15 is 0 Å². The topological polar surface area (TPSA) is 68.0 Å². The van der Waals surface area contributed by atoms with Gasteiger partial charge in [0.25, 0.3) is 5.91 Å². The van der Waals surface area contributed by atoms with E-state index in [4.69, 9.17) is 5.73 Å². The fourth-order valence-corrected chi connectivity index (χ4v) is 3.03. The van der Waals surface area contributed by atoms with Gasteiger partial charge in [-0.15, -0.1) is 12.4 Å². The van der Waals surface area contributed by atoms with Crippen molar-refractivity contribution in [2.24, 2.45) is 0 Å². The summed E-state index contributed by atoms with van der Waals surface area (Å²) in [6.45, 7) is 3.92. The van der Waals surface area contributed by atoms with E-state index in [1.165, 1.54) is 16.9 Å². The molecule has 0 spiro atoms. The van der Waals surface area contributed by atoms with Crippen LogP contribution in [0.25, 0.3) is 10.2 Å². The molecule has 2 aromatic carbocycles. The van der Waals surface area contributed by atoms with Gasteiger partial charge in [-0.1, -0.05) is 17.4 Å². The number of nitrogens with zero attached hydrogens (tertiary/aromatic N) is 1. The van der Waals surface area contributed by atoms with Crippen molar-refractivity contribution in [3.63, 3.8) is 0 Å². The van der Waals surface area contributed by atoms with Crippen molar-refractivity contribution in [3.8, 4) is 0 Å². The molecule has 0 radical (unpaired) electrons. The first-order valence-corrected chi connectivity index (χ1v) is 7.39.